The first kappa shape index (κ1) is 19.0. The molecule has 0 atom stereocenters. The number of hydrogen-bond donors (Lipinski definition) is 1. The summed E-state index contributed by atoms with van der Waals surface area (Å²) in [4.78, 5) is 14.4. The van der Waals surface area contributed by atoms with Gasteiger partial charge in [0.2, 0.25) is 0 Å². The molecular weight excluding hydrogens is 373 g/mol. The van der Waals surface area contributed by atoms with E-state index in [9.17, 15) is 9.18 Å². The number of ether oxygens (including phenoxy) is 2. The van der Waals surface area contributed by atoms with Gasteiger partial charge in [-0.15, -0.1) is 0 Å². The predicted octanol–water partition coefficient (Wildman–Crippen LogP) is 3.69. The number of fused-ring (bicyclic) bond motifs is 1. The molecule has 29 heavy (non-hydrogen) atoms. The molecule has 0 saturated heterocycles. The van der Waals surface area contributed by atoms with Crippen LogP contribution < -0.4 is 9.47 Å². The molecular formula is C22H22FN3O3. The van der Waals surface area contributed by atoms with Gasteiger partial charge in [0.25, 0.3) is 5.91 Å². The number of carbonyl (C=O) groups is 1. The fraction of sp³-hybridized carbons (Fsp3) is 0.273. The Kier molecular flexibility index (Phi) is 5.46. The highest BCUT2D eigenvalue weighted by molar-refractivity contribution is 5.94. The van der Waals surface area contributed by atoms with E-state index < -0.39 is 0 Å². The van der Waals surface area contributed by atoms with E-state index in [2.05, 4.69) is 10.2 Å². The Balaban J connectivity index is 1.32. The van der Waals surface area contributed by atoms with Gasteiger partial charge in [-0.1, -0.05) is 12.1 Å². The predicted molar refractivity (Wildman–Crippen MR) is 107 cm³/mol. The van der Waals surface area contributed by atoms with Crippen LogP contribution in [-0.4, -0.2) is 47.8 Å². The Hall–Kier alpha value is -3.35. The average molecular weight is 395 g/mol. The van der Waals surface area contributed by atoms with Crippen LogP contribution in [0.15, 0.2) is 48.5 Å². The second kappa shape index (κ2) is 8.34. The summed E-state index contributed by atoms with van der Waals surface area (Å²) in [6.45, 7) is 1.61. The molecule has 1 aliphatic rings. The molecule has 0 bridgehead atoms. The lowest BCUT2D eigenvalue weighted by Gasteiger charge is -2.21. The van der Waals surface area contributed by atoms with Crippen LogP contribution in [0.5, 0.6) is 11.5 Å². The summed E-state index contributed by atoms with van der Waals surface area (Å²) in [6.07, 6.45) is 1.51. The normalized spacial score (nSPS) is 12.6. The van der Waals surface area contributed by atoms with Gasteiger partial charge >= 0.3 is 0 Å². The SMILES string of the molecule is CN(CCCc1cc(-c2cccc(F)c2)n[nH]1)C(=O)c1ccc2c(c1)OCCO2. The Labute approximate surface area is 168 Å². The van der Waals surface area contributed by atoms with Crippen molar-refractivity contribution in [1.82, 2.24) is 15.1 Å². The summed E-state index contributed by atoms with van der Waals surface area (Å²) in [6, 6.07) is 13.5. The molecule has 0 unspecified atom stereocenters. The minimum absolute atomic E-state index is 0.0629. The number of nitrogens with zero attached hydrogens (tertiary/aromatic N) is 2. The highest BCUT2D eigenvalue weighted by atomic mass is 19.1. The molecule has 0 spiro atoms. The zero-order valence-electron chi connectivity index (χ0n) is 16.2. The molecule has 3 aromatic rings. The summed E-state index contributed by atoms with van der Waals surface area (Å²) in [7, 11) is 1.78. The maximum absolute atomic E-state index is 13.4. The van der Waals surface area contributed by atoms with Gasteiger partial charge in [-0.05, 0) is 49.2 Å². The molecule has 1 aromatic heterocycles. The lowest BCUT2D eigenvalue weighted by molar-refractivity contribution is 0.0792. The number of carbonyl (C=O) groups excluding carboxylic acids is 1. The van der Waals surface area contributed by atoms with Crippen molar-refractivity contribution in [2.45, 2.75) is 12.8 Å². The average Bonchev–Trinajstić information content (AvgIpc) is 3.22. The number of benzene rings is 2. The number of aromatic nitrogens is 2. The molecule has 2 heterocycles. The largest absolute Gasteiger partial charge is 0.486 e. The number of nitrogens with one attached hydrogen (secondary N) is 1. The number of halogens is 1. The summed E-state index contributed by atoms with van der Waals surface area (Å²) in [5, 5.41) is 7.24. The summed E-state index contributed by atoms with van der Waals surface area (Å²) in [5.74, 6) is 0.931. The van der Waals surface area contributed by atoms with Crippen molar-refractivity contribution in [3.05, 3.63) is 65.6 Å². The zero-order valence-corrected chi connectivity index (χ0v) is 16.2. The minimum Gasteiger partial charge on any atom is -0.486 e. The van der Waals surface area contributed by atoms with Gasteiger partial charge in [0, 0.05) is 30.4 Å². The van der Waals surface area contributed by atoms with E-state index in [4.69, 9.17) is 9.47 Å². The summed E-state index contributed by atoms with van der Waals surface area (Å²) >= 11 is 0. The van der Waals surface area contributed by atoms with E-state index in [0.717, 1.165) is 24.1 Å². The Bertz CT molecular complexity index is 1020. The standard InChI is InChI=1S/C22H22FN3O3/c1-26(22(27)16-7-8-20-21(13-16)29-11-10-28-20)9-3-6-18-14-19(25-24-18)15-4-2-5-17(23)12-15/h2,4-5,7-8,12-14H,3,6,9-11H2,1H3,(H,24,25). The third kappa shape index (κ3) is 4.39. The van der Waals surface area contributed by atoms with Gasteiger partial charge in [0.1, 0.15) is 19.0 Å². The van der Waals surface area contributed by atoms with Crippen LogP contribution in [0.4, 0.5) is 4.39 Å². The van der Waals surface area contributed by atoms with Gasteiger partial charge in [-0.2, -0.15) is 5.10 Å². The molecule has 1 amide bonds. The van der Waals surface area contributed by atoms with Crippen LogP contribution in [0, 0.1) is 5.82 Å². The summed E-state index contributed by atoms with van der Waals surface area (Å²) < 4.78 is 24.4. The second-order valence-electron chi connectivity index (χ2n) is 6.98. The van der Waals surface area contributed by atoms with Crippen molar-refractivity contribution >= 4 is 5.91 Å². The molecule has 0 aliphatic carbocycles. The monoisotopic (exact) mass is 395 g/mol. The van der Waals surface area contributed by atoms with E-state index in [1.165, 1.54) is 12.1 Å². The molecule has 150 valence electrons. The number of aryl methyl sites for hydroxylation is 1. The van der Waals surface area contributed by atoms with E-state index in [1.54, 1.807) is 36.2 Å². The smallest absolute Gasteiger partial charge is 0.253 e. The highest BCUT2D eigenvalue weighted by Crippen LogP contribution is 2.31. The molecule has 0 fully saturated rings. The van der Waals surface area contributed by atoms with Crippen molar-refractivity contribution in [3.63, 3.8) is 0 Å². The van der Waals surface area contributed by atoms with Crippen molar-refractivity contribution in [2.75, 3.05) is 26.8 Å². The van der Waals surface area contributed by atoms with E-state index >= 15 is 0 Å². The van der Waals surface area contributed by atoms with Crippen LogP contribution in [0.25, 0.3) is 11.3 Å². The van der Waals surface area contributed by atoms with E-state index in [-0.39, 0.29) is 11.7 Å². The first-order chi connectivity index (χ1) is 14.1. The van der Waals surface area contributed by atoms with E-state index in [1.807, 2.05) is 12.1 Å². The van der Waals surface area contributed by atoms with Crippen molar-refractivity contribution in [1.29, 1.82) is 0 Å². The maximum Gasteiger partial charge on any atom is 0.253 e. The molecule has 1 aliphatic heterocycles. The van der Waals surface area contributed by atoms with Crippen LogP contribution in [-0.2, 0) is 6.42 Å². The first-order valence-electron chi connectivity index (χ1n) is 9.55. The number of rotatable bonds is 6. The quantitative estimate of drug-likeness (QED) is 0.691. The third-order valence-corrected chi connectivity index (χ3v) is 4.83. The van der Waals surface area contributed by atoms with Gasteiger partial charge in [-0.3, -0.25) is 9.89 Å². The molecule has 2 aromatic carbocycles. The Morgan fingerprint density at radius 2 is 1.97 bits per heavy atom. The molecule has 4 rings (SSSR count). The van der Waals surface area contributed by atoms with Gasteiger partial charge in [-0.25, -0.2) is 4.39 Å². The van der Waals surface area contributed by atoms with Crippen LogP contribution >= 0.6 is 0 Å². The maximum atomic E-state index is 13.4. The van der Waals surface area contributed by atoms with Crippen molar-refractivity contribution in [2.24, 2.45) is 0 Å². The lowest BCUT2D eigenvalue weighted by Crippen LogP contribution is -2.28. The fourth-order valence-electron chi connectivity index (χ4n) is 3.29. The van der Waals surface area contributed by atoms with Gasteiger partial charge in [0.15, 0.2) is 11.5 Å². The zero-order chi connectivity index (χ0) is 20.2. The number of hydrogen-bond acceptors (Lipinski definition) is 4. The Morgan fingerprint density at radius 1 is 1.14 bits per heavy atom. The molecule has 1 N–H and O–H groups in total. The van der Waals surface area contributed by atoms with Gasteiger partial charge in [0.05, 0.1) is 5.69 Å². The van der Waals surface area contributed by atoms with Crippen LogP contribution in [0.2, 0.25) is 0 Å². The van der Waals surface area contributed by atoms with Crippen molar-refractivity contribution in [3.8, 4) is 22.8 Å². The lowest BCUT2D eigenvalue weighted by atomic mass is 10.1. The second-order valence-corrected chi connectivity index (χ2v) is 6.98. The first-order valence-corrected chi connectivity index (χ1v) is 9.55. The van der Waals surface area contributed by atoms with Crippen molar-refractivity contribution < 1.29 is 18.7 Å². The number of amides is 1. The van der Waals surface area contributed by atoms with E-state index in [0.29, 0.717) is 42.5 Å². The fourth-order valence-corrected chi connectivity index (χ4v) is 3.29. The third-order valence-electron chi connectivity index (χ3n) is 4.83. The molecule has 0 saturated carbocycles. The topological polar surface area (TPSA) is 67.5 Å². The minimum atomic E-state index is -0.286. The molecule has 6 nitrogen and oxygen atoms in total. The number of H-pyrrole nitrogens is 1. The Morgan fingerprint density at radius 3 is 2.79 bits per heavy atom. The van der Waals surface area contributed by atoms with Crippen LogP contribution in [0.3, 0.4) is 0 Å². The molecule has 7 heteroatoms. The number of aromatic amines is 1. The van der Waals surface area contributed by atoms with Gasteiger partial charge < -0.3 is 14.4 Å². The van der Waals surface area contributed by atoms with Crippen LogP contribution in [0.1, 0.15) is 22.5 Å². The highest BCUT2D eigenvalue weighted by Gasteiger charge is 2.17. The molecule has 0 radical (unpaired) electrons. The summed E-state index contributed by atoms with van der Waals surface area (Å²) in [5.41, 5.74) is 2.97.